The maximum Gasteiger partial charge on any atom is 0.136 e. The van der Waals surface area contributed by atoms with E-state index in [9.17, 15) is 0 Å². The van der Waals surface area contributed by atoms with E-state index in [-0.39, 0.29) is 19.3 Å². The molecule has 0 amide bonds. The van der Waals surface area contributed by atoms with E-state index in [0.29, 0.717) is 11.7 Å². The fraction of sp³-hybridized carbons (Fsp3) is 0.692. The predicted molar refractivity (Wildman–Crippen MR) is 74.4 cm³/mol. The maximum atomic E-state index is 9.11. The molecule has 1 fully saturated rings. The van der Waals surface area contributed by atoms with E-state index in [1.807, 2.05) is 6.07 Å². The smallest absolute Gasteiger partial charge is 0.136 e. The average molecular weight is 266 g/mol. The number of nitrogens with one attached hydrogen (secondary N) is 2. The molecule has 106 valence electrons. The Morgan fingerprint density at radius 3 is 2.53 bits per heavy atom. The minimum Gasteiger partial charge on any atom is -0.394 e. The average Bonchev–Trinajstić information content (AvgIpc) is 3.27. The van der Waals surface area contributed by atoms with Gasteiger partial charge in [0.25, 0.3) is 0 Å². The van der Waals surface area contributed by atoms with Crippen LogP contribution in [-0.4, -0.2) is 46.0 Å². The zero-order valence-corrected chi connectivity index (χ0v) is 11.3. The van der Waals surface area contributed by atoms with Crippen LogP contribution >= 0.6 is 0 Å². The van der Waals surface area contributed by atoms with E-state index in [4.69, 9.17) is 10.2 Å². The predicted octanol–water partition coefficient (Wildman–Crippen LogP) is 0.941. The molecule has 0 bridgehead atoms. The number of aliphatic hydroxyl groups is 2. The molecule has 1 aromatic rings. The summed E-state index contributed by atoms with van der Waals surface area (Å²) >= 11 is 0. The number of nitrogens with zero attached hydrogens (tertiary/aromatic N) is 2. The van der Waals surface area contributed by atoms with Gasteiger partial charge >= 0.3 is 0 Å². The molecule has 0 radical (unpaired) electrons. The summed E-state index contributed by atoms with van der Waals surface area (Å²) in [7, 11) is 0. The molecule has 19 heavy (non-hydrogen) atoms. The standard InChI is InChI=1S/C13H22N4O2/c1-2-5-14-11-6-12(15-10(7-18)8-19)17-13(16-11)9-3-4-9/h6,9-10,18-19H,2-5,7-8H2,1H3,(H2,14,15,16,17). The molecule has 0 aliphatic heterocycles. The van der Waals surface area contributed by atoms with Crippen molar-refractivity contribution >= 4 is 11.6 Å². The number of hydrogen-bond donors (Lipinski definition) is 4. The van der Waals surface area contributed by atoms with Gasteiger partial charge in [-0.15, -0.1) is 0 Å². The molecule has 1 aliphatic carbocycles. The number of anilines is 2. The van der Waals surface area contributed by atoms with Crippen molar-refractivity contribution in [2.45, 2.75) is 38.1 Å². The summed E-state index contributed by atoms with van der Waals surface area (Å²) in [4.78, 5) is 8.96. The van der Waals surface area contributed by atoms with Crippen LogP contribution in [0.1, 0.15) is 37.9 Å². The Hall–Kier alpha value is -1.40. The van der Waals surface area contributed by atoms with Gasteiger partial charge in [0.05, 0.1) is 19.3 Å². The molecule has 1 aromatic heterocycles. The van der Waals surface area contributed by atoms with Crippen LogP contribution in [0.15, 0.2) is 6.07 Å². The van der Waals surface area contributed by atoms with Crippen LogP contribution in [0.2, 0.25) is 0 Å². The first-order chi connectivity index (χ1) is 9.26. The molecule has 0 unspecified atom stereocenters. The highest BCUT2D eigenvalue weighted by Gasteiger charge is 2.27. The lowest BCUT2D eigenvalue weighted by atomic mass is 10.3. The van der Waals surface area contributed by atoms with Crippen LogP contribution in [0, 0.1) is 0 Å². The van der Waals surface area contributed by atoms with Crippen molar-refractivity contribution in [3.63, 3.8) is 0 Å². The van der Waals surface area contributed by atoms with E-state index in [2.05, 4.69) is 27.5 Å². The second kappa shape index (κ2) is 6.68. The minimum absolute atomic E-state index is 0.128. The Kier molecular flexibility index (Phi) is 4.93. The SMILES string of the molecule is CCCNc1cc(NC(CO)CO)nc(C2CC2)n1. The van der Waals surface area contributed by atoms with Crippen LogP contribution in [-0.2, 0) is 0 Å². The lowest BCUT2D eigenvalue weighted by molar-refractivity contribution is 0.203. The molecule has 2 rings (SSSR count). The highest BCUT2D eigenvalue weighted by molar-refractivity contribution is 5.48. The van der Waals surface area contributed by atoms with Crippen LogP contribution in [0.25, 0.3) is 0 Å². The third-order valence-electron chi connectivity index (χ3n) is 3.03. The summed E-state index contributed by atoms with van der Waals surface area (Å²) in [5, 5.41) is 24.5. The first-order valence-electron chi connectivity index (χ1n) is 6.88. The Morgan fingerprint density at radius 2 is 1.95 bits per heavy atom. The molecule has 0 spiro atoms. The highest BCUT2D eigenvalue weighted by atomic mass is 16.3. The van der Waals surface area contributed by atoms with E-state index in [1.165, 1.54) is 0 Å². The van der Waals surface area contributed by atoms with Crippen LogP contribution in [0.4, 0.5) is 11.6 Å². The topological polar surface area (TPSA) is 90.3 Å². The summed E-state index contributed by atoms with van der Waals surface area (Å²) in [5.41, 5.74) is 0. The van der Waals surface area contributed by atoms with Crippen molar-refractivity contribution in [2.24, 2.45) is 0 Å². The number of aromatic nitrogens is 2. The third-order valence-corrected chi connectivity index (χ3v) is 3.03. The van der Waals surface area contributed by atoms with Gasteiger partial charge in [0.15, 0.2) is 0 Å². The lowest BCUT2D eigenvalue weighted by Gasteiger charge is -2.16. The summed E-state index contributed by atoms with van der Waals surface area (Å²) in [6, 6.07) is 1.43. The Labute approximate surface area is 113 Å². The van der Waals surface area contributed by atoms with E-state index in [0.717, 1.165) is 37.4 Å². The van der Waals surface area contributed by atoms with Gasteiger partial charge in [-0.3, -0.25) is 0 Å². The van der Waals surface area contributed by atoms with Gasteiger partial charge in [0.1, 0.15) is 17.5 Å². The van der Waals surface area contributed by atoms with Gasteiger partial charge in [-0.25, -0.2) is 9.97 Å². The number of aliphatic hydroxyl groups excluding tert-OH is 2. The zero-order valence-electron chi connectivity index (χ0n) is 11.3. The molecule has 6 heteroatoms. The van der Waals surface area contributed by atoms with Crippen LogP contribution in [0.3, 0.4) is 0 Å². The molecule has 1 saturated carbocycles. The van der Waals surface area contributed by atoms with Crippen molar-refractivity contribution in [1.29, 1.82) is 0 Å². The molecule has 0 aromatic carbocycles. The Morgan fingerprint density at radius 1 is 1.26 bits per heavy atom. The first-order valence-corrected chi connectivity index (χ1v) is 6.88. The molecule has 0 atom stereocenters. The summed E-state index contributed by atoms with van der Waals surface area (Å²) in [6.07, 6.45) is 3.31. The number of hydrogen-bond acceptors (Lipinski definition) is 6. The second-order valence-electron chi connectivity index (χ2n) is 4.90. The van der Waals surface area contributed by atoms with Gasteiger partial charge < -0.3 is 20.8 Å². The van der Waals surface area contributed by atoms with E-state index in [1.54, 1.807) is 0 Å². The summed E-state index contributed by atoms with van der Waals surface area (Å²) < 4.78 is 0. The maximum absolute atomic E-state index is 9.11. The molecule has 4 N–H and O–H groups in total. The zero-order chi connectivity index (χ0) is 13.7. The van der Waals surface area contributed by atoms with E-state index >= 15 is 0 Å². The fourth-order valence-electron chi connectivity index (χ4n) is 1.77. The lowest BCUT2D eigenvalue weighted by Crippen LogP contribution is -2.28. The minimum atomic E-state index is -0.388. The van der Waals surface area contributed by atoms with Crippen molar-refractivity contribution < 1.29 is 10.2 Å². The monoisotopic (exact) mass is 266 g/mol. The normalized spacial score (nSPS) is 14.7. The van der Waals surface area contributed by atoms with Gasteiger partial charge in [-0.1, -0.05) is 6.92 Å². The van der Waals surface area contributed by atoms with Crippen molar-refractivity contribution in [2.75, 3.05) is 30.4 Å². The molecule has 1 aliphatic rings. The van der Waals surface area contributed by atoms with Crippen molar-refractivity contribution in [3.8, 4) is 0 Å². The largest absolute Gasteiger partial charge is 0.394 e. The van der Waals surface area contributed by atoms with Crippen LogP contribution in [0.5, 0.6) is 0 Å². The highest BCUT2D eigenvalue weighted by Crippen LogP contribution is 2.38. The van der Waals surface area contributed by atoms with Crippen LogP contribution < -0.4 is 10.6 Å². The quantitative estimate of drug-likeness (QED) is 0.560. The summed E-state index contributed by atoms with van der Waals surface area (Å²) in [5.74, 6) is 2.77. The molecular formula is C13H22N4O2. The molecular weight excluding hydrogens is 244 g/mol. The van der Waals surface area contributed by atoms with E-state index < -0.39 is 0 Å². The van der Waals surface area contributed by atoms with Gasteiger partial charge in [-0.2, -0.15) is 0 Å². The van der Waals surface area contributed by atoms with Gasteiger partial charge in [0.2, 0.25) is 0 Å². The molecule has 6 nitrogen and oxygen atoms in total. The number of rotatable bonds is 8. The Balaban J connectivity index is 2.13. The van der Waals surface area contributed by atoms with Gasteiger partial charge in [-0.05, 0) is 19.3 Å². The second-order valence-corrected chi connectivity index (χ2v) is 4.90. The Bertz CT molecular complexity index is 406. The molecule has 1 heterocycles. The third kappa shape index (κ3) is 4.04. The first kappa shape index (κ1) is 14.0. The summed E-state index contributed by atoms with van der Waals surface area (Å²) in [6.45, 7) is 2.71. The van der Waals surface area contributed by atoms with Crippen molar-refractivity contribution in [1.82, 2.24) is 9.97 Å². The fourth-order valence-corrected chi connectivity index (χ4v) is 1.77. The molecule has 0 saturated heterocycles. The van der Waals surface area contributed by atoms with Gasteiger partial charge in [0, 0.05) is 18.5 Å². The van der Waals surface area contributed by atoms with Crippen molar-refractivity contribution in [3.05, 3.63) is 11.9 Å².